The van der Waals surface area contributed by atoms with Gasteiger partial charge in [-0.15, -0.1) is 0 Å². The lowest BCUT2D eigenvalue weighted by Gasteiger charge is -2.40. The lowest BCUT2D eigenvalue weighted by Crippen LogP contribution is -2.54. The molecule has 0 amide bonds. The molecule has 0 saturated heterocycles. The summed E-state index contributed by atoms with van der Waals surface area (Å²) in [5, 5.41) is 3.60. The monoisotopic (exact) mass is 228 g/mol. The van der Waals surface area contributed by atoms with Crippen LogP contribution in [-0.4, -0.2) is 32.3 Å². The summed E-state index contributed by atoms with van der Waals surface area (Å²) >= 11 is 0. The highest BCUT2D eigenvalue weighted by molar-refractivity contribution is 4.93. The zero-order chi connectivity index (χ0) is 11.9. The second-order valence-corrected chi connectivity index (χ2v) is 5.14. The summed E-state index contributed by atoms with van der Waals surface area (Å²) in [5.41, 5.74) is 6.13. The molecule has 0 aromatic rings. The highest BCUT2D eigenvalue weighted by Crippen LogP contribution is 2.33. The van der Waals surface area contributed by atoms with E-state index in [0.29, 0.717) is 0 Å². The minimum Gasteiger partial charge on any atom is -0.383 e. The first kappa shape index (κ1) is 13.9. The quantitative estimate of drug-likeness (QED) is 0.654. The van der Waals surface area contributed by atoms with Crippen molar-refractivity contribution in [2.45, 2.75) is 51.0 Å². The van der Waals surface area contributed by atoms with Gasteiger partial charge in [-0.2, -0.15) is 0 Å². The van der Waals surface area contributed by atoms with Crippen LogP contribution in [0.4, 0.5) is 0 Å². The topological polar surface area (TPSA) is 47.3 Å². The molecule has 0 aromatic carbocycles. The van der Waals surface area contributed by atoms with Crippen LogP contribution in [0.3, 0.4) is 0 Å². The van der Waals surface area contributed by atoms with E-state index in [0.717, 1.165) is 25.6 Å². The van der Waals surface area contributed by atoms with Crippen LogP contribution in [0.25, 0.3) is 0 Å². The Morgan fingerprint density at radius 3 is 2.56 bits per heavy atom. The van der Waals surface area contributed by atoms with Crippen LogP contribution in [0.5, 0.6) is 0 Å². The van der Waals surface area contributed by atoms with Crippen molar-refractivity contribution >= 4 is 0 Å². The largest absolute Gasteiger partial charge is 0.383 e. The molecule has 1 aliphatic carbocycles. The Kier molecular flexibility index (Phi) is 6.32. The molecule has 1 rings (SSSR count). The molecule has 1 fully saturated rings. The van der Waals surface area contributed by atoms with Crippen molar-refractivity contribution in [2.24, 2.45) is 11.7 Å². The molecule has 0 radical (unpaired) electrons. The third-order valence-corrected chi connectivity index (χ3v) is 3.96. The maximum absolute atomic E-state index is 5.94. The summed E-state index contributed by atoms with van der Waals surface area (Å²) in [4.78, 5) is 0. The third-order valence-electron chi connectivity index (χ3n) is 3.96. The Morgan fingerprint density at radius 1 is 1.38 bits per heavy atom. The molecule has 0 aliphatic heterocycles. The lowest BCUT2D eigenvalue weighted by molar-refractivity contribution is 0.153. The summed E-state index contributed by atoms with van der Waals surface area (Å²) in [7, 11) is 1.74. The van der Waals surface area contributed by atoms with Gasteiger partial charge in [-0.05, 0) is 31.6 Å². The summed E-state index contributed by atoms with van der Waals surface area (Å²) in [6.07, 6.45) is 7.85. The Morgan fingerprint density at radius 2 is 2.06 bits per heavy atom. The van der Waals surface area contributed by atoms with E-state index in [1.807, 2.05) is 0 Å². The number of hydrogen-bond donors (Lipinski definition) is 2. The number of methoxy groups -OCH3 is 1. The SMILES string of the molecule is CCCC1CCC(CN)(NCCOC)CC1. The average Bonchev–Trinajstić information content (AvgIpc) is 2.32. The first-order valence-corrected chi connectivity index (χ1v) is 6.70. The molecule has 0 aromatic heterocycles. The molecule has 16 heavy (non-hydrogen) atoms. The number of hydrogen-bond acceptors (Lipinski definition) is 3. The van der Waals surface area contributed by atoms with Gasteiger partial charge in [0.15, 0.2) is 0 Å². The van der Waals surface area contributed by atoms with Gasteiger partial charge in [0.25, 0.3) is 0 Å². The molecule has 0 unspecified atom stereocenters. The molecule has 96 valence electrons. The second kappa shape index (κ2) is 7.25. The van der Waals surface area contributed by atoms with Crippen molar-refractivity contribution in [3.63, 3.8) is 0 Å². The summed E-state index contributed by atoms with van der Waals surface area (Å²) in [5.74, 6) is 0.939. The van der Waals surface area contributed by atoms with Gasteiger partial charge in [-0.1, -0.05) is 19.8 Å². The van der Waals surface area contributed by atoms with Crippen molar-refractivity contribution in [1.82, 2.24) is 5.32 Å². The number of ether oxygens (including phenoxy) is 1. The summed E-state index contributed by atoms with van der Waals surface area (Å²) < 4.78 is 5.08. The van der Waals surface area contributed by atoms with Gasteiger partial charge < -0.3 is 15.8 Å². The smallest absolute Gasteiger partial charge is 0.0587 e. The zero-order valence-electron chi connectivity index (χ0n) is 10.9. The molecule has 0 spiro atoms. The predicted octanol–water partition coefficient (Wildman–Crippen LogP) is 1.91. The standard InChI is InChI=1S/C13H28N2O/c1-3-4-12-5-7-13(11-14,8-6-12)15-9-10-16-2/h12,15H,3-11,14H2,1-2H3. The minimum absolute atomic E-state index is 0.197. The van der Waals surface area contributed by atoms with Crippen LogP contribution in [0.2, 0.25) is 0 Å². The Bertz CT molecular complexity index is 177. The predicted molar refractivity (Wildman–Crippen MR) is 68.5 cm³/mol. The number of nitrogens with two attached hydrogens (primary N) is 1. The van der Waals surface area contributed by atoms with E-state index < -0.39 is 0 Å². The molecule has 1 saturated carbocycles. The minimum atomic E-state index is 0.197. The maximum Gasteiger partial charge on any atom is 0.0587 e. The zero-order valence-corrected chi connectivity index (χ0v) is 10.9. The van der Waals surface area contributed by atoms with Crippen LogP contribution >= 0.6 is 0 Å². The van der Waals surface area contributed by atoms with Gasteiger partial charge in [-0.3, -0.25) is 0 Å². The second-order valence-electron chi connectivity index (χ2n) is 5.14. The van der Waals surface area contributed by atoms with E-state index in [-0.39, 0.29) is 5.54 Å². The van der Waals surface area contributed by atoms with Crippen molar-refractivity contribution in [1.29, 1.82) is 0 Å². The van der Waals surface area contributed by atoms with Gasteiger partial charge in [0, 0.05) is 25.7 Å². The Labute approximate surface area is 100 Å². The molecule has 3 heteroatoms. The van der Waals surface area contributed by atoms with E-state index in [1.54, 1.807) is 7.11 Å². The first-order chi connectivity index (χ1) is 7.76. The van der Waals surface area contributed by atoms with Crippen LogP contribution in [0, 0.1) is 5.92 Å². The van der Waals surface area contributed by atoms with Crippen molar-refractivity contribution in [3.8, 4) is 0 Å². The van der Waals surface area contributed by atoms with Crippen molar-refractivity contribution in [2.75, 3.05) is 26.8 Å². The molecular formula is C13H28N2O. The highest BCUT2D eigenvalue weighted by Gasteiger charge is 2.32. The maximum atomic E-state index is 5.94. The van der Waals surface area contributed by atoms with E-state index in [9.17, 15) is 0 Å². The molecule has 0 atom stereocenters. The summed E-state index contributed by atoms with van der Waals surface area (Å²) in [6, 6.07) is 0. The molecule has 1 aliphatic rings. The van der Waals surface area contributed by atoms with Gasteiger partial charge >= 0.3 is 0 Å². The summed E-state index contributed by atoms with van der Waals surface area (Å²) in [6.45, 7) is 4.74. The Balaban J connectivity index is 2.32. The van der Waals surface area contributed by atoms with Crippen molar-refractivity contribution in [3.05, 3.63) is 0 Å². The van der Waals surface area contributed by atoms with Gasteiger partial charge in [0.05, 0.1) is 6.61 Å². The number of rotatable bonds is 7. The molecular weight excluding hydrogens is 200 g/mol. The number of nitrogens with one attached hydrogen (secondary N) is 1. The third kappa shape index (κ3) is 4.04. The molecule has 0 heterocycles. The lowest BCUT2D eigenvalue weighted by atomic mass is 9.75. The van der Waals surface area contributed by atoms with Crippen LogP contribution in [-0.2, 0) is 4.74 Å². The van der Waals surface area contributed by atoms with Gasteiger partial charge in [0.2, 0.25) is 0 Å². The fraction of sp³-hybridized carbons (Fsp3) is 1.00. The van der Waals surface area contributed by atoms with Crippen molar-refractivity contribution < 1.29 is 4.74 Å². The van der Waals surface area contributed by atoms with E-state index in [1.165, 1.54) is 38.5 Å². The van der Waals surface area contributed by atoms with Gasteiger partial charge in [0.1, 0.15) is 0 Å². The first-order valence-electron chi connectivity index (χ1n) is 6.70. The highest BCUT2D eigenvalue weighted by atomic mass is 16.5. The fourth-order valence-corrected chi connectivity index (χ4v) is 2.80. The molecule has 0 bridgehead atoms. The molecule has 3 N–H and O–H groups in total. The van der Waals surface area contributed by atoms with Crippen LogP contribution in [0.1, 0.15) is 45.4 Å². The fourth-order valence-electron chi connectivity index (χ4n) is 2.80. The van der Waals surface area contributed by atoms with E-state index >= 15 is 0 Å². The Hall–Kier alpha value is -0.120. The van der Waals surface area contributed by atoms with Crippen LogP contribution in [0.15, 0.2) is 0 Å². The van der Waals surface area contributed by atoms with E-state index in [4.69, 9.17) is 10.5 Å². The van der Waals surface area contributed by atoms with E-state index in [2.05, 4.69) is 12.2 Å². The molecule has 3 nitrogen and oxygen atoms in total. The normalized spacial score (nSPS) is 30.6. The average molecular weight is 228 g/mol. The van der Waals surface area contributed by atoms with Crippen LogP contribution < -0.4 is 11.1 Å². The van der Waals surface area contributed by atoms with Gasteiger partial charge in [-0.25, -0.2) is 0 Å².